The average Bonchev–Trinajstić information content (AvgIpc) is 3.38. The summed E-state index contributed by atoms with van der Waals surface area (Å²) in [7, 11) is 0. The second-order valence-corrected chi connectivity index (χ2v) is 9.08. The first-order chi connectivity index (χ1) is 12.8. The Morgan fingerprint density at radius 2 is 2.04 bits per heavy atom. The highest BCUT2D eigenvalue weighted by Crippen LogP contribution is 2.45. The first-order valence-electron chi connectivity index (χ1n) is 9.49. The Hall–Kier alpha value is -1.83. The van der Waals surface area contributed by atoms with E-state index in [-0.39, 0.29) is 12.2 Å². The molecule has 146 valence electrons. The zero-order chi connectivity index (χ0) is 19.2. The number of aromatic nitrogens is 3. The summed E-state index contributed by atoms with van der Waals surface area (Å²) in [4.78, 5) is 14.1. The SMILES string of the molecule is CC(C)(C)OC(=O)N1CCCC(Oc2cc3nnc(Br)n3cc2C2CC2)C1. The molecule has 1 saturated carbocycles. The maximum absolute atomic E-state index is 12.4. The van der Waals surface area contributed by atoms with Crippen LogP contribution in [0.4, 0.5) is 4.79 Å². The summed E-state index contributed by atoms with van der Waals surface area (Å²) in [5.41, 5.74) is 1.45. The number of hydrogen-bond donors (Lipinski definition) is 0. The zero-order valence-corrected chi connectivity index (χ0v) is 17.5. The lowest BCUT2D eigenvalue weighted by Crippen LogP contribution is -2.46. The molecule has 1 unspecified atom stereocenters. The molecule has 1 aliphatic carbocycles. The van der Waals surface area contributed by atoms with Crippen LogP contribution in [-0.2, 0) is 4.74 Å². The third-order valence-electron chi connectivity index (χ3n) is 4.83. The van der Waals surface area contributed by atoms with Crippen LogP contribution < -0.4 is 4.74 Å². The molecule has 8 heteroatoms. The molecule has 0 spiro atoms. The number of hydrogen-bond acceptors (Lipinski definition) is 5. The molecular weight excluding hydrogens is 412 g/mol. The van der Waals surface area contributed by atoms with Crippen molar-refractivity contribution in [3.05, 3.63) is 22.6 Å². The molecule has 4 rings (SSSR count). The fourth-order valence-electron chi connectivity index (χ4n) is 3.41. The number of carbonyl (C=O) groups is 1. The Labute approximate surface area is 167 Å². The normalized spacial score (nSPS) is 20.7. The van der Waals surface area contributed by atoms with Crippen molar-refractivity contribution in [1.29, 1.82) is 0 Å². The lowest BCUT2D eigenvalue weighted by Gasteiger charge is -2.34. The van der Waals surface area contributed by atoms with Crippen molar-refractivity contribution in [3.8, 4) is 5.75 Å². The number of rotatable bonds is 3. The van der Waals surface area contributed by atoms with Gasteiger partial charge in [0.1, 0.15) is 17.5 Å². The van der Waals surface area contributed by atoms with E-state index >= 15 is 0 Å². The molecule has 2 aliphatic rings. The number of likely N-dealkylation sites (tertiary alicyclic amines) is 1. The van der Waals surface area contributed by atoms with Gasteiger partial charge in [0.05, 0.1) is 6.54 Å². The number of ether oxygens (including phenoxy) is 2. The van der Waals surface area contributed by atoms with E-state index in [2.05, 4.69) is 32.3 Å². The van der Waals surface area contributed by atoms with Gasteiger partial charge in [-0.25, -0.2) is 4.79 Å². The molecular formula is C19H25BrN4O3. The lowest BCUT2D eigenvalue weighted by atomic mass is 10.1. The van der Waals surface area contributed by atoms with Crippen LogP contribution in [0.1, 0.15) is 57.9 Å². The minimum atomic E-state index is -0.490. The van der Waals surface area contributed by atoms with Gasteiger partial charge in [0, 0.05) is 24.4 Å². The van der Waals surface area contributed by atoms with Crippen molar-refractivity contribution in [1.82, 2.24) is 19.5 Å². The molecule has 2 aromatic rings. The van der Waals surface area contributed by atoms with Gasteiger partial charge in [-0.3, -0.25) is 4.40 Å². The Morgan fingerprint density at radius 3 is 2.74 bits per heavy atom. The molecule has 2 fully saturated rings. The molecule has 1 atom stereocenters. The van der Waals surface area contributed by atoms with Gasteiger partial charge in [-0.1, -0.05) is 0 Å². The summed E-state index contributed by atoms with van der Waals surface area (Å²) in [6, 6.07) is 1.96. The number of fused-ring (bicyclic) bond motifs is 1. The van der Waals surface area contributed by atoms with Crippen LogP contribution >= 0.6 is 15.9 Å². The van der Waals surface area contributed by atoms with Crippen molar-refractivity contribution < 1.29 is 14.3 Å². The van der Waals surface area contributed by atoms with Crippen LogP contribution in [0.15, 0.2) is 17.0 Å². The van der Waals surface area contributed by atoms with Crippen LogP contribution in [-0.4, -0.2) is 50.4 Å². The molecule has 1 aliphatic heterocycles. The van der Waals surface area contributed by atoms with Crippen LogP contribution in [0.5, 0.6) is 5.75 Å². The smallest absolute Gasteiger partial charge is 0.410 e. The van der Waals surface area contributed by atoms with E-state index < -0.39 is 5.60 Å². The lowest BCUT2D eigenvalue weighted by molar-refractivity contribution is 0.00766. The predicted octanol–water partition coefficient (Wildman–Crippen LogP) is 4.15. The molecule has 0 aromatic carbocycles. The molecule has 3 heterocycles. The molecule has 0 radical (unpaired) electrons. The Balaban J connectivity index is 1.51. The first kappa shape index (κ1) is 18.5. The van der Waals surface area contributed by atoms with E-state index in [9.17, 15) is 4.79 Å². The van der Waals surface area contributed by atoms with Gasteiger partial charge >= 0.3 is 6.09 Å². The number of nitrogens with zero attached hydrogens (tertiary/aromatic N) is 4. The van der Waals surface area contributed by atoms with Gasteiger partial charge in [-0.15, -0.1) is 10.2 Å². The van der Waals surface area contributed by atoms with E-state index in [0.29, 0.717) is 23.7 Å². The maximum atomic E-state index is 12.4. The van der Waals surface area contributed by atoms with Crippen molar-refractivity contribution in [2.24, 2.45) is 0 Å². The van der Waals surface area contributed by atoms with Gasteiger partial charge in [0.2, 0.25) is 4.73 Å². The Kier molecular flexibility index (Phi) is 4.78. The molecule has 1 amide bonds. The fraction of sp³-hybridized carbons (Fsp3) is 0.632. The predicted molar refractivity (Wildman–Crippen MR) is 104 cm³/mol. The van der Waals surface area contributed by atoms with Gasteiger partial charge in [0.15, 0.2) is 5.65 Å². The van der Waals surface area contributed by atoms with Crippen molar-refractivity contribution in [2.45, 2.75) is 64.1 Å². The third-order valence-corrected chi connectivity index (χ3v) is 5.37. The molecule has 7 nitrogen and oxygen atoms in total. The quantitative estimate of drug-likeness (QED) is 0.722. The first-order valence-corrected chi connectivity index (χ1v) is 10.3. The Morgan fingerprint density at radius 1 is 1.26 bits per heavy atom. The number of pyridine rings is 1. The minimum absolute atomic E-state index is 0.0439. The highest BCUT2D eigenvalue weighted by atomic mass is 79.9. The molecule has 2 aromatic heterocycles. The molecule has 1 saturated heterocycles. The van der Waals surface area contributed by atoms with Crippen LogP contribution in [0.2, 0.25) is 0 Å². The average molecular weight is 437 g/mol. The van der Waals surface area contributed by atoms with E-state index in [1.807, 2.05) is 31.2 Å². The maximum Gasteiger partial charge on any atom is 0.410 e. The van der Waals surface area contributed by atoms with Crippen LogP contribution in [0.3, 0.4) is 0 Å². The van der Waals surface area contributed by atoms with Gasteiger partial charge in [-0.2, -0.15) is 0 Å². The van der Waals surface area contributed by atoms with Crippen molar-refractivity contribution >= 4 is 27.7 Å². The summed E-state index contributed by atoms with van der Waals surface area (Å²) in [6.07, 6.45) is 5.94. The van der Waals surface area contributed by atoms with E-state index in [1.54, 1.807) is 4.90 Å². The molecule has 0 N–H and O–H groups in total. The number of carbonyl (C=O) groups excluding carboxylic acids is 1. The topological polar surface area (TPSA) is 69.0 Å². The van der Waals surface area contributed by atoms with Gasteiger partial charge in [0.25, 0.3) is 0 Å². The second-order valence-electron chi connectivity index (χ2n) is 8.37. The van der Waals surface area contributed by atoms with Crippen molar-refractivity contribution in [3.63, 3.8) is 0 Å². The monoisotopic (exact) mass is 436 g/mol. The van der Waals surface area contributed by atoms with E-state index in [0.717, 1.165) is 24.2 Å². The standard InChI is InChI=1S/C19H25BrN4O3/c1-19(2,3)27-18(25)23-8-4-5-13(10-23)26-15-9-16-21-22-17(20)24(16)11-14(15)12-6-7-12/h9,11-13H,4-8,10H2,1-3H3. The minimum Gasteiger partial charge on any atom is -0.488 e. The van der Waals surface area contributed by atoms with Crippen LogP contribution in [0, 0.1) is 0 Å². The van der Waals surface area contributed by atoms with Gasteiger partial charge < -0.3 is 14.4 Å². The van der Waals surface area contributed by atoms with Crippen molar-refractivity contribution in [2.75, 3.05) is 13.1 Å². The highest BCUT2D eigenvalue weighted by Gasteiger charge is 2.32. The summed E-state index contributed by atoms with van der Waals surface area (Å²) >= 11 is 3.43. The number of halogens is 1. The summed E-state index contributed by atoms with van der Waals surface area (Å²) < 4.78 is 14.5. The fourth-order valence-corrected chi connectivity index (χ4v) is 3.78. The summed E-state index contributed by atoms with van der Waals surface area (Å²) in [6.45, 7) is 6.91. The third kappa shape index (κ3) is 4.20. The zero-order valence-electron chi connectivity index (χ0n) is 15.9. The highest BCUT2D eigenvalue weighted by molar-refractivity contribution is 9.10. The largest absolute Gasteiger partial charge is 0.488 e. The number of piperidine rings is 1. The number of amides is 1. The van der Waals surface area contributed by atoms with E-state index in [4.69, 9.17) is 9.47 Å². The Bertz CT molecular complexity index is 856. The van der Waals surface area contributed by atoms with Crippen LogP contribution in [0.25, 0.3) is 5.65 Å². The molecule has 27 heavy (non-hydrogen) atoms. The second kappa shape index (κ2) is 6.96. The summed E-state index contributed by atoms with van der Waals surface area (Å²) in [5, 5.41) is 8.26. The summed E-state index contributed by atoms with van der Waals surface area (Å²) in [5.74, 6) is 1.39. The van der Waals surface area contributed by atoms with E-state index in [1.165, 1.54) is 18.4 Å². The van der Waals surface area contributed by atoms with Gasteiger partial charge in [-0.05, 0) is 68.3 Å². The molecule has 0 bridgehead atoms.